The molecule has 0 bridgehead atoms. The molecule has 2 aromatic rings. The van der Waals surface area contributed by atoms with Crippen molar-refractivity contribution in [3.05, 3.63) is 64.6 Å². The number of benzene rings is 2. The zero-order valence-electron chi connectivity index (χ0n) is 13.1. The van der Waals surface area contributed by atoms with Crippen molar-refractivity contribution < 1.29 is 16.8 Å². The minimum atomic E-state index is -3.67. The van der Waals surface area contributed by atoms with Crippen molar-refractivity contribution >= 4 is 31.6 Å². The third-order valence-corrected chi connectivity index (χ3v) is 6.54. The number of rotatable bonds is 4. The fraction of sp³-hybridized carbons (Fsp3) is 0.176. The number of sulfone groups is 1. The molecular formula is C17H17NO4S2. The molecule has 1 aliphatic carbocycles. The number of aryl methyl sites for hydroxylation is 1. The van der Waals surface area contributed by atoms with Gasteiger partial charge in [-0.25, -0.2) is 16.8 Å². The lowest BCUT2D eigenvalue weighted by Crippen LogP contribution is -2.17. The highest BCUT2D eigenvalue weighted by Gasteiger charge is 2.21. The minimum absolute atomic E-state index is 0.149. The zero-order chi connectivity index (χ0) is 17.4. The molecule has 0 saturated heterocycles. The molecule has 3 rings (SSSR count). The van der Waals surface area contributed by atoms with Crippen molar-refractivity contribution in [2.75, 3.05) is 11.0 Å². The predicted molar refractivity (Wildman–Crippen MR) is 94.8 cm³/mol. The van der Waals surface area contributed by atoms with E-state index in [0.29, 0.717) is 23.4 Å². The SMILES string of the molecule is CS(=O)(=O)c1ccc(NS(=O)(=O)C2=Cc3ccccc3CC2)cc1. The first-order chi connectivity index (χ1) is 11.3. The summed E-state index contributed by atoms with van der Waals surface area (Å²) >= 11 is 0. The molecule has 5 nitrogen and oxygen atoms in total. The van der Waals surface area contributed by atoms with Gasteiger partial charge in [0.15, 0.2) is 9.84 Å². The Morgan fingerprint density at radius 2 is 1.54 bits per heavy atom. The Bertz CT molecular complexity index is 1000. The Balaban J connectivity index is 1.86. The second-order valence-corrected chi connectivity index (χ2v) is 9.46. The van der Waals surface area contributed by atoms with Crippen molar-refractivity contribution in [2.45, 2.75) is 17.7 Å². The molecule has 126 valence electrons. The lowest BCUT2D eigenvalue weighted by Gasteiger charge is -2.17. The van der Waals surface area contributed by atoms with Crippen LogP contribution in [0, 0.1) is 0 Å². The van der Waals surface area contributed by atoms with Crippen molar-refractivity contribution in [1.82, 2.24) is 0 Å². The first-order valence-corrected chi connectivity index (χ1v) is 10.7. The predicted octanol–water partition coefficient (Wildman–Crippen LogP) is 2.82. The molecule has 0 aromatic heterocycles. The maximum absolute atomic E-state index is 12.5. The summed E-state index contributed by atoms with van der Waals surface area (Å²) in [5, 5.41) is 0. The van der Waals surface area contributed by atoms with Crippen LogP contribution in [0.3, 0.4) is 0 Å². The van der Waals surface area contributed by atoms with E-state index in [-0.39, 0.29) is 4.90 Å². The summed E-state index contributed by atoms with van der Waals surface area (Å²) in [6, 6.07) is 13.4. The fourth-order valence-corrected chi connectivity index (χ4v) is 4.47. The van der Waals surface area contributed by atoms with Crippen molar-refractivity contribution in [2.24, 2.45) is 0 Å². The van der Waals surface area contributed by atoms with Crippen LogP contribution in [0.5, 0.6) is 0 Å². The molecule has 0 radical (unpaired) electrons. The van der Waals surface area contributed by atoms with E-state index in [1.54, 1.807) is 6.08 Å². The molecule has 7 heteroatoms. The fourth-order valence-electron chi connectivity index (χ4n) is 2.61. The average molecular weight is 363 g/mol. The molecule has 2 aromatic carbocycles. The number of nitrogens with one attached hydrogen (secondary N) is 1. The normalized spacial score (nSPS) is 14.6. The summed E-state index contributed by atoms with van der Waals surface area (Å²) in [6.07, 6.45) is 3.91. The van der Waals surface area contributed by atoms with Crippen LogP contribution in [-0.2, 0) is 26.3 Å². The monoisotopic (exact) mass is 363 g/mol. The van der Waals surface area contributed by atoms with E-state index in [1.165, 1.54) is 24.3 Å². The number of anilines is 1. The van der Waals surface area contributed by atoms with Gasteiger partial charge in [0.2, 0.25) is 0 Å². The van der Waals surface area contributed by atoms with Crippen LogP contribution >= 0.6 is 0 Å². The lowest BCUT2D eigenvalue weighted by atomic mass is 9.98. The molecular weight excluding hydrogens is 346 g/mol. The van der Waals surface area contributed by atoms with E-state index in [9.17, 15) is 16.8 Å². The largest absolute Gasteiger partial charge is 0.280 e. The van der Waals surface area contributed by atoms with Gasteiger partial charge in [-0.05, 0) is 54.3 Å². The van der Waals surface area contributed by atoms with Crippen LogP contribution in [0.15, 0.2) is 58.3 Å². The van der Waals surface area contributed by atoms with Crippen LogP contribution in [0.4, 0.5) is 5.69 Å². The first-order valence-electron chi connectivity index (χ1n) is 7.37. The lowest BCUT2D eigenvalue weighted by molar-refractivity contribution is 0.601. The Kier molecular flexibility index (Phi) is 4.23. The third kappa shape index (κ3) is 3.52. The van der Waals surface area contributed by atoms with E-state index in [2.05, 4.69) is 4.72 Å². The maximum atomic E-state index is 12.5. The average Bonchev–Trinajstić information content (AvgIpc) is 2.53. The zero-order valence-corrected chi connectivity index (χ0v) is 14.7. The topological polar surface area (TPSA) is 80.3 Å². The van der Waals surface area contributed by atoms with E-state index >= 15 is 0 Å². The van der Waals surface area contributed by atoms with Gasteiger partial charge in [0, 0.05) is 11.9 Å². The number of hydrogen-bond acceptors (Lipinski definition) is 4. The molecule has 0 fully saturated rings. The van der Waals surface area contributed by atoms with Crippen LogP contribution < -0.4 is 4.72 Å². The molecule has 1 aliphatic rings. The van der Waals surface area contributed by atoms with E-state index in [1.807, 2.05) is 24.3 Å². The number of hydrogen-bond donors (Lipinski definition) is 1. The maximum Gasteiger partial charge on any atom is 0.258 e. The van der Waals surface area contributed by atoms with Gasteiger partial charge in [-0.15, -0.1) is 0 Å². The Hall–Kier alpha value is -2.12. The highest BCUT2D eigenvalue weighted by atomic mass is 32.2. The highest BCUT2D eigenvalue weighted by Crippen LogP contribution is 2.28. The molecule has 0 amide bonds. The van der Waals surface area contributed by atoms with Crippen LogP contribution in [-0.4, -0.2) is 23.1 Å². The molecule has 0 atom stereocenters. The molecule has 24 heavy (non-hydrogen) atoms. The van der Waals surface area contributed by atoms with Gasteiger partial charge in [0.25, 0.3) is 10.0 Å². The highest BCUT2D eigenvalue weighted by molar-refractivity contribution is 7.96. The molecule has 1 N–H and O–H groups in total. The first kappa shape index (κ1) is 16.7. The van der Waals surface area contributed by atoms with Gasteiger partial charge in [-0.1, -0.05) is 24.3 Å². The van der Waals surface area contributed by atoms with E-state index in [0.717, 1.165) is 17.4 Å². The van der Waals surface area contributed by atoms with E-state index < -0.39 is 19.9 Å². The second kappa shape index (κ2) is 6.07. The Labute approximate surface area is 142 Å². The summed E-state index contributed by atoms with van der Waals surface area (Å²) in [5.41, 5.74) is 2.38. The number of allylic oxidation sites excluding steroid dienone is 1. The Morgan fingerprint density at radius 3 is 2.21 bits per heavy atom. The third-order valence-electron chi connectivity index (χ3n) is 3.89. The molecule has 0 unspecified atom stereocenters. The second-order valence-electron chi connectivity index (χ2n) is 5.71. The quantitative estimate of drug-likeness (QED) is 0.906. The van der Waals surface area contributed by atoms with Crippen molar-refractivity contribution in [3.63, 3.8) is 0 Å². The molecule has 0 aliphatic heterocycles. The molecule has 0 heterocycles. The summed E-state index contributed by atoms with van der Waals surface area (Å²) < 4.78 is 50.5. The van der Waals surface area contributed by atoms with Crippen LogP contribution in [0.25, 0.3) is 6.08 Å². The van der Waals surface area contributed by atoms with Gasteiger partial charge < -0.3 is 0 Å². The van der Waals surface area contributed by atoms with Crippen LogP contribution in [0.1, 0.15) is 17.5 Å². The molecule has 0 spiro atoms. The van der Waals surface area contributed by atoms with Crippen molar-refractivity contribution in [3.8, 4) is 0 Å². The van der Waals surface area contributed by atoms with Gasteiger partial charge in [0.1, 0.15) is 0 Å². The van der Waals surface area contributed by atoms with Gasteiger partial charge in [0.05, 0.1) is 9.80 Å². The standard InChI is InChI=1S/C17H17NO4S2/c1-23(19,20)16-10-7-15(8-11-16)18-24(21,22)17-9-6-13-4-2-3-5-14(13)12-17/h2-5,7-8,10-12,18H,6,9H2,1H3. The van der Waals surface area contributed by atoms with Crippen molar-refractivity contribution in [1.29, 1.82) is 0 Å². The summed E-state index contributed by atoms with van der Waals surface area (Å²) in [4.78, 5) is 0.477. The smallest absolute Gasteiger partial charge is 0.258 e. The number of fused-ring (bicyclic) bond motifs is 1. The minimum Gasteiger partial charge on any atom is -0.280 e. The van der Waals surface area contributed by atoms with E-state index in [4.69, 9.17) is 0 Å². The van der Waals surface area contributed by atoms with Gasteiger partial charge >= 0.3 is 0 Å². The van der Waals surface area contributed by atoms with Crippen LogP contribution in [0.2, 0.25) is 0 Å². The van der Waals surface area contributed by atoms with Gasteiger partial charge in [-0.2, -0.15) is 0 Å². The summed E-state index contributed by atoms with van der Waals surface area (Å²) in [7, 11) is -6.97. The van der Waals surface area contributed by atoms with Gasteiger partial charge in [-0.3, -0.25) is 4.72 Å². The summed E-state index contributed by atoms with van der Waals surface area (Å²) in [5.74, 6) is 0. The summed E-state index contributed by atoms with van der Waals surface area (Å²) in [6.45, 7) is 0. The molecule has 0 saturated carbocycles. The number of sulfonamides is 1. The Morgan fingerprint density at radius 1 is 0.875 bits per heavy atom.